The topological polar surface area (TPSA) is 26.0 Å². The average Bonchev–Trinajstić information content (AvgIpc) is 2.44. The Balaban J connectivity index is 2.24. The molecule has 0 aliphatic rings. The summed E-state index contributed by atoms with van der Waals surface area (Å²) in [5.41, 5.74) is 8.60. The lowest BCUT2D eigenvalue weighted by atomic mass is 9.92. The molecule has 2 N–H and O–H groups in total. The lowest BCUT2D eigenvalue weighted by molar-refractivity contribution is 0.503. The van der Waals surface area contributed by atoms with Crippen molar-refractivity contribution in [3.63, 3.8) is 0 Å². The fourth-order valence-corrected chi connectivity index (χ4v) is 2.80. The summed E-state index contributed by atoms with van der Waals surface area (Å²) in [5.74, 6) is 0.756. The summed E-state index contributed by atoms with van der Waals surface area (Å²) in [4.78, 5) is 0. The zero-order valence-electron chi connectivity index (χ0n) is 12.2. The number of fused-ring (bicyclic) bond motifs is 1. The highest BCUT2D eigenvalue weighted by molar-refractivity contribution is 5.86. The standard InChI is InChI=1S/C18H25N/c1-3-4-7-14(2)10-15-11-16-8-5-6-9-18(16)17(12-15)13-19/h5-6,8-9,11-12,14H,3-4,7,10,13,19H2,1-2H3. The van der Waals surface area contributed by atoms with Crippen LogP contribution in [0.4, 0.5) is 0 Å². The first kappa shape index (κ1) is 14.1. The van der Waals surface area contributed by atoms with Gasteiger partial charge < -0.3 is 5.73 Å². The zero-order chi connectivity index (χ0) is 13.7. The van der Waals surface area contributed by atoms with Gasteiger partial charge in [0, 0.05) is 6.54 Å². The highest BCUT2D eigenvalue weighted by Gasteiger charge is 2.07. The third-order valence-corrected chi connectivity index (χ3v) is 3.86. The summed E-state index contributed by atoms with van der Waals surface area (Å²) >= 11 is 0. The maximum absolute atomic E-state index is 5.90. The van der Waals surface area contributed by atoms with Crippen LogP contribution in [0.15, 0.2) is 36.4 Å². The molecule has 0 fully saturated rings. The second-order valence-corrected chi connectivity index (χ2v) is 5.63. The smallest absolute Gasteiger partial charge is 0.0184 e. The van der Waals surface area contributed by atoms with E-state index in [-0.39, 0.29) is 0 Å². The van der Waals surface area contributed by atoms with Crippen molar-refractivity contribution >= 4 is 10.8 Å². The van der Waals surface area contributed by atoms with Crippen molar-refractivity contribution in [2.24, 2.45) is 11.7 Å². The van der Waals surface area contributed by atoms with Gasteiger partial charge in [0.15, 0.2) is 0 Å². The Kier molecular flexibility index (Phi) is 4.98. The molecule has 0 heterocycles. The molecule has 0 spiro atoms. The Hall–Kier alpha value is -1.34. The minimum Gasteiger partial charge on any atom is -0.326 e. The van der Waals surface area contributed by atoms with Gasteiger partial charge in [-0.3, -0.25) is 0 Å². The molecular weight excluding hydrogens is 230 g/mol. The van der Waals surface area contributed by atoms with Crippen LogP contribution in [0.25, 0.3) is 10.8 Å². The van der Waals surface area contributed by atoms with Gasteiger partial charge in [-0.25, -0.2) is 0 Å². The van der Waals surface area contributed by atoms with Crippen molar-refractivity contribution in [1.82, 2.24) is 0 Å². The molecule has 2 rings (SSSR count). The second kappa shape index (κ2) is 6.72. The molecule has 0 bridgehead atoms. The van der Waals surface area contributed by atoms with E-state index in [4.69, 9.17) is 5.73 Å². The van der Waals surface area contributed by atoms with Crippen LogP contribution in [0.2, 0.25) is 0 Å². The Morgan fingerprint density at radius 1 is 1.16 bits per heavy atom. The molecule has 19 heavy (non-hydrogen) atoms. The molecule has 2 aromatic rings. The maximum Gasteiger partial charge on any atom is 0.0184 e. The van der Waals surface area contributed by atoms with Crippen LogP contribution in [0.3, 0.4) is 0 Å². The van der Waals surface area contributed by atoms with E-state index in [1.54, 1.807) is 0 Å². The van der Waals surface area contributed by atoms with Gasteiger partial charge in [-0.1, -0.05) is 69.5 Å². The van der Waals surface area contributed by atoms with Gasteiger partial charge in [-0.05, 0) is 34.2 Å². The number of nitrogens with two attached hydrogens (primary N) is 1. The number of hydrogen-bond donors (Lipinski definition) is 1. The van der Waals surface area contributed by atoms with E-state index in [0.29, 0.717) is 6.54 Å². The predicted molar refractivity (Wildman–Crippen MR) is 84.2 cm³/mol. The summed E-state index contributed by atoms with van der Waals surface area (Å²) in [6, 6.07) is 13.2. The second-order valence-electron chi connectivity index (χ2n) is 5.63. The summed E-state index contributed by atoms with van der Waals surface area (Å²) in [5, 5.41) is 2.62. The SMILES string of the molecule is CCCCC(C)Cc1cc(CN)c2ccccc2c1. The highest BCUT2D eigenvalue weighted by atomic mass is 14.5. The summed E-state index contributed by atoms with van der Waals surface area (Å²) in [6.45, 7) is 5.24. The summed E-state index contributed by atoms with van der Waals surface area (Å²) in [7, 11) is 0. The van der Waals surface area contributed by atoms with E-state index in [0.717, 1.165) is 12.3 Å². The molecule has 0 aromatic heterocycles. The molecule has 1 atom stereocenters. The minimum atomic E-state index is 0.623. The van der Waals surface area contributed by atoms with E-state index in [2.05, 4.69) is 50.2 Å². The van der Waals surface area contributed by atoms with Crippen molar-refractivity contribution in [3.05, 3.63) is 47.5 Å². The molecule has 0 amide bonds. The van der Waals surface area contributed by atoms with Crippen LogP contribution in [0, 0.1) is 5.92 Å². The lowest BCUT2D eigenvalue weighted by Crippen LogP contribution is -2.03. The molecule has 102 valence electrons. The monoisotopic (exact) mass is 255 g/mol. The maximum atomic E-state index is 5.90. The Labute approximate surface area is 116 Å². The Bertz CT molecular complexity index is 530. The van der Waals surface area contributed by atoms with Gasteiger partial charge in [0.1, 0.15) is 0 Å². The molecule has 1 unspecified atom stereocenters. The molecule has 0 saturated carbocycles. The van der Waals surface area contributed by atoms with Gasteiger partial charge >= 0.3 is 0 Å². The normalized spacial score (nSPS) is 12.8. The van der Waals surface area contributed by atoms with Gasteiger partial charge in [-0.2, -0.15) is 0 Å². The minimum absolute atomic E-state index is 0.623. The van der Waals surface area contributed by atoms with Gasteiger partial charge in [-0.15, -0.1) is 0 Å². The number of unbranched alkanes of at least 4 members (excludes halogenated alkanes) is 1. The van der Waals surface area contributed by atoms with Gasteiger partial charge in [0.05, 0.1) is 0 Å². The fraction of sp³-hybridized carbons (Fsp3) is 0.444. The highest BCUT2D eigenvalue weighted by Crippen LogP contribution is 2.23. The molecule has 0 radical (unpaired) electrons. The number of rotatable bonds is 6. The van der Waals surface area contributed by atoms with Crippen molar-refractivity contribution in [3.8, 4) is 0 Å². The summed E-state index contributed by atoms with van der Waals surface area (Å²) < 4.78 is 0. The van der Waals surface area contributed by atoms with E-state index < -0.39 is 0 Å². The molecule has 2 aromatic carbocycles. The average molecular weight is 255 g/mol. The first-order valence-electron chi connectivity index (χ1n) is 7.45. The molecule has 1 nitrogen and oxygen atoms in total. The number of hydrogen-bond acceptors (Lipinski definition) is 1. The molecule has 0 aliphatic heterocycles. The van der Waals surface area contributed by atoms with Gasteiger partial charge in [0.25, 0.3) is 0 Å². The third kappa shape index (κ3) is 3.57. The van der Waals surface area contributed by atoms with Crippen LogP contribution in [0.5, 0.6) is 0 Å². The van der Waals surface area contributed by atoms with Crippen molar-refractivity contribution < 1.29 is 0 Å². The third-order valence-electron chi connectivity index (χ3n) is 3.86. The zero-order valence-corrected chi connectivity index (χ0v) is 12.2. The number of benzene rings is 2. The quantitative estimate of drug-likeness (QED) is 0.797. The van der Waals surface area contributed by atoms with Crippen molar-refractivity contribution in [1.29, 1.82) is 0 Å². The Morgan fingerprint density at radius 3 is 2.68 bits per heavy atom. The predicted octanol–water partition coefficient (Wildman–Crippen LogP) is 4.67. The van der Waals surface area contributed by atoms with E-state index in [1.807, 2.05) is 0 Å². The van der Waals surface area contributed by atoms with Crippen LogP contribution in [-0.4, -0.2) is 0 Å². The van der Waals surface area contributed by atoms with Crippen LogP contribution >= 0.6 is 0 Å². The first-order valence-corrected chi connectivity index (χ1v) is 7.45. The molecular formula is C18H25N. The van der Waals surface area contributed by atoms with Crippen LogP contribution in [-0.2, 0) is 13.0 Å². The largest absolute Gasteiger partial charge is 0.326 e. The summed E-state index contributed by atoms with van der Waals surface area (Å²) in [6.07, 6.45) is 5.10. The molecule has 1 heteroatoms. The van der Waals surface area contributed by atoms with E-state index in [9.17, 15) is 0 Å². The lowest BCUT2D eigenvalue weighted by Gasteiger charge is -2.13. The Morgan fingerprint density at radius 2 is 1.95 bits per heavy atom. The van der Waals surface area contributed by atoms with E-state index >= 15 is 0 Å². The fourth-order valence-electron chi connectivity index (χ4n) is 2.80. The van der Waals surface area contributed by atoms with Crippen LogP contribution < -0.4 is 5.73 Å². The van der Waals surface area contributed by atoms with Crippen molar-refractivity contribution in [2.75, 3.05) is 0 Å². The van der Waals surface area contributed by atoms with Crippen LogP contribution in [0.1, 0.15) is 44.2 Å². The molecule has 0 saturated heterocycles. The van der Waals surface area contributed by atoms with Gasteiger partial charge in [0.2, 0.25) is 0 Å². The van der Waals surface area contributed by atoms with Crippen molar-refractivity contribution in [2.45, 2.75) is 46.1 Å². The molecule has 0 aliphatic carbocycles. The first-order chi connectivity index (χ1) is 9.24. The van der Waals surface area contributed by atoms with E-state index in [1.165, 1.54) is 41.2 Å².